The second-order valence-electron chi connectivity index (χ2n) is 5.59. The fourth-order valence-corrected chi connectivity index (χ4v) is 2.43. The lowest BCUT2D eigenvalue weighted by molar-refractivity contribution is 0.0932. The minimum atomic E-state index is -0.180. The number of rotatable bonds is 4. The molecule has 2 unspecified atom stereocenters. The highest BCUT2D eigenvalue weighted by atomic mass is 35.5. The summed E-state index contributed by atoms with van der Waals surface area (Å²) in [6.45, 7) is 10.0. The first-order valence-corrected chi connectivity index (χ1v) is 7.27. The van der Waals surface area contributed by atoms with Gasteiger partial charge in [0.2, 0.25) is 0 Å². The zero-order chi connectivity index (χ0) is 13.9. The van der Waals surface area contributed by atoms with Gasteiger partial charge in [-0.05, 0) is 24.4 Å². The highest BCUT2D eigenvalue weighted by Gasteiger charge is 2.27. The second kappa shape index (κ2) is 5.97. The van der Waals surface area contributed by atoms with E-state index in [-0.39, 0.29) is 23.3 Å². The number of hydrogen-bond donors (Lipinski definition) is 1. The molecular formula is C12H20ClN3OS. The lowest BCUT2D eigenvalue weighted by Crippen LogP contribution is -2.38. The molecule has 0 spiro atoms. The molecule has 0 aromatic carbocycles. The molecule has 1 heterocycles. The molecule has 1 amide bonds. The van der Waals surface area contributed by atoms with E-state index in [0.717, 1.165) is 17.2 Å². The predicted octanol–water partition coefficient (Wildman–Crippen LogP) is 2.83. The van der Waals surface area contributed by atoms with E-state index in [1.165, 1.54) is 0 Å². The van der Waals surface area contributed by atoms with Crippen molar-refractivity contribution < 1.29 is 4.79 Å². The number of nitrogens with one attached hydrogen (secondary N) is 1. The molecule has 2 atom stereocenters. The molecule has 0 saturated carbocycles. The van der Waals surface area contributed by atoms with Crippen molar-refractivity contribution in [1.29, 1.82) is 0 Å². The van der Waals surface area contributed by atoms with Crippen LogP contribution in [0.15, 0.2) is 0 Å². The summed E-state index contributed by atoms with van der Waals surface area (Å²) in [5, 5.41) is 7.01. The Kier molecular flexibility index (Phi) is 5.10. The molecule has 0 aliphatic carbocycles. The van der Waals surface area contributed by atoms with E-state index < -0.39 is 0 Å². The normalized spacial score (nSPS) is 15.2. The Morgan fingerprint density at radius 3 is 2.56 bits per heavy atom. The molecule has 102 valence electrons. The Balaban J connectivity index is 2.83. The Hall–Kier alpha value is -0.680. The number of aromatic nitrogens is 2. The molecule has 1 aromatic heterocycles. The van der Waals surface area contributed by atoms with Gasteiger partial charge in [0.05, 0.1) is 5.69 Å². The van der Waals surface area contributed by atoms with Crippen LogP contribution in [0, 0.1) is 5.92 Å². The molecule has 18 heavy (non-hydrogen) atoms. The molecule has 0 fully saturated rings. The average molecular weight is 290 g/mol. The number of carbonyl (C=O) groups is 1. The van der Waals surface area contributed by atoms with Gasteiger partial charge in [-0.25, -0.2) is 0 Å². The van der Waals surface area contributed by atoms with E-state index in [9.17, 15) is 4.79 Å². The van der Waals surface area contributed by atoms with Crippen LogP contribution in [0.2, 0.25) is 0 Å². The summed E-state index contributed by atoms with van der Waals surface area (Å²) < 4.78 is 3.89. The Bertz CT molecular complexity index is 414. The van der Waals surface area contributed by atoms with Crippen LogP contribution in [0.4, 0.5) is 0 Å². The molecule has 0 aliphatic heterocycles. The van der Waals surface area contributed by atoms with E-state index in [2.05, 4.69) is 14.9 Å². The number of carbonyl (C=O) groups excluding carboxylic acids is 1. The number of hydrogen-bond acceptors (Lipinski definition) is 4. The van der Waals surface area contributed by atoms with Crippen molar-refractivity contribution in [3.05, 3.63) is 10.6 Å². The SMILES string of the molecule is CC(CCl)C(C)NC(=O)c1snnc1C(C)(C)C. The number of amides is 1. The molecule has 0 radical (unpaired) electrons. The van der Waals surface area contributed by atoms with Gasteiger partial charge in [-0.3, -0.25) is 4.79 Å². The molecular weight excluding hydrogens is 270 g/mol. The Morgan fingerprint density at radius 1 is 1.44 bits per heavy atom. The van der Waals surface area contributed by atoms with Gasteiger partial charge in [0.15, 0.2) is 0 Å². The van der Waals surface area contributed by atoms with Crippen molar-refractivity contribution in [1.82, 2.24) is 14.9 Å². The van der Waals surface area contributed by atoms with Gasteiger partial charge in [-0.2, -0.15) is 0 Å². The van der Waals surface area contributed by atoms with E-state index in [0.29, 0.717) is 10.8 Å². The zero-order valence-corrected chi connectivity index (χ0v) is 13.0. The molecule has 1 N–H and O–H groups in total. The molecule has 1 rings (SSSR count). The fraction of sp³-hybridized carbons (Fsp3) is 0.750. The molecule has 0 bridgehead atoms. The van der Waals surface area contributed by atoms with Crippen LogP contribution >= 0.6 is 23.1 Å². The Labute approximate surface area is 117 Å². The summed E-state index contributed by atoms with van der Waals surface area (Å²) in [6.07, 6.45) is 0. The van der Waals surface area contributed by atoms with Crippen molar-refractivity contribution in [2.24, 2.45) is 5.92 Å². The smallest absolute Gasteiger partial charge is 0.265 e. The second-order valence-corrected chi connectivity index (χ2v) is 6.66. The van der Waals surface area contributed by atoms with Gasteiger partial charge in [-0.15, -0.1) is 16.7 Å². The third kappa shape index (κ3) is 3.65. The van der Waals surface area contributed by atoms with Crippen molar-refractivity contribution in [2.75, 3.05) is 5.88 Å². The maximum absolute atomic E-state index is 12.2. The summed E-state index contributed by atoms with van der Waals surface area (Å²) in [5.41, 5.74) is 0.566. The zero-order valence-electron chi connectivity index (χ0n) is 11.5. The molecule has 0 saturated heterocycles. The van der Waals surface area contributed by atoms with E-state index in [4.69, 9.17) is 11.6 Å². The molecule has 0 aliphatic rings. The largest absolute Gasteiger partial charge is 0.348 e. The Morgan fingerprint density at radius 2 is 2.06 bits per heavy atom. The lowest BCUT2D eigenvalue weighted by atomic mass is 9.91. The van der Waals surface area contributed by atoms with Crippen LogP contribution in [0.25, 0.3) is 0 Å². The van der Waals surface area contributed by atoms with Gasteiger partial charge in [-0.1, -0.05) is 32.2 Å². The summed E-state index contributed by atoms with van der Waals surface area (Å²) in [6, 6.07) is 0.0323. The third-order valence-corrected chi connectivity index (χ3v) is 4.07. The average Bonchev–Trinajstić information content (AvgIpc) is 2.76. The van der Waals surface area contributed by atoms with Gasteiger partial charge in [0.1, 0.15) is 4.88 Å². The number of alkyl halides is 1. The van der Waals surface area contributed by atoms with Crippen LogP contribution in [0.1, 0.15) is 50.0 Å². The quantitative estimate of drug-likeness (QED) is 0.867. The van der Waals surface area contributed by atoms with Gasteiger partial charge >= 0.3 is 0 Å². The summed E-state index contributed by atoms with van der Waals surface area (Å²) in [7, 11) is 0. The lowest BCUT2D eigenvalue weighted by Gasteiger charge is -2.20. The van der Waals surface area contributed by atoms with Crippen molar-refractivity contribution in [3.8, 4) is 0 Å². The van der Waals surface area contributed by atoms with Crippen LogP contribution in [0.5, 0.6) is 0 Å². The van der Waals surface area contributed by atoms with Crippen LogP contribution in [-0.2, 0) is 5.41 Å². The summed E-state index contributed by atoms with van der Waals surface area (Å²) >= 11 is 6.93. The molecule has 4 nitrogen and oxygen atoms in total. The highest BCUT2D eigenvalue weighted by Crippen LogP contribution is 2.25. The van der Waals surface area contributed by atoms with Crippen molar-refractivity contribution >= 4 is 29.0 Å². The fourth-order valence-electron chi connectivity index (χ4n) is 1.38. The standard InChI is InChI=1S/C12H20ClN3OS/c1-7(6-13)8(2)14-11(17)9-10(12(3,4)5)15-16-18-9/h7-8H,6H2,1-5H3,(H,14,17). The van der Waals surface area contributed by atoms with Crippen LogP contribution in [-0.4, -0.2) is 27.4 Å². The van der Waals surface area contributed by atoms with Gasteiger partial charge in [0.25, 0.3) is 5.91 Å². The van der Waals surface area contributed by atoms with Crippen molar-refractivity contribution in [2.45, 2.75) is 46.1 Å². The van der Waals surface area contributed by atoms with E-state index >= 15 is 0 Å². The maximum atomic E-state index is 12.2. The summed E-state index contributed by atoms with van der Waals surface area (Å²) in [5.74, 6) is 0.642. The van der Waals surface area contributed by atoms with Crippen LogP contribution in [0.3, 0.4) is 0 Å². The number of nitrogens with zero attached hydrogens (tertiary/aromatic N) is 2. The predicted molar refractivity (Wildman–Crippen MR) is 75.4 cm³/mol. The first-order valence-electron chi connectivity index (χ1n) is 5.97. The van der Waals surface area contributed by atoms with E-state index in [1.54, 1.807) is 0 Å². The number of halogens is 1. The van der Waals surface area contributed by atoms with Crippen LogP contribution < -0.4 is 5.32 Å². The minimum Gasteiger partial charge on any atom is -0.348 e. The van der Waals surface area contributed by atoms with Crippen molar-refractivity contribution in [3.63, 3.8) is 0 Å². The maximum Gasteiger partial charge on any atom is 0.265 e. The topological polar surface area (TPSA) is 54.9 Å². The third-order valence-electron chi connectivity index (χ3n) is 2.86. The summed E-state index contributed by atoms with van der Waals surface area (Å²) in [4.78, 5) is 12.8. The van der Waals surface area contributed by atoms with E-state index in [1.807, 2.05) is 34.6 Å². The molecule has 6 heteroatoms. The molecule has 1 aromatic rings. The highest BCUT2D eigenvalue weighted by molar-refractivity contribution is 7.08. The van der Waals surface area contributed by atoms with Gasteiger partial charge in [0, 0.05) is 17.3 Å². The first-order chi connectivity index (χ1) is 8.27. The first kappa shape index (κ1) is 15.4. The monoisotopic (exact) mass is 289 g/mol. The minimum absolute atomic E-state index is 0.0323. The van der Waals surface area contributed by atoms with Gasteiger partial charge < -0.3 is 5.32 Å².